The Balaban J connectivity index is 1.56. The van der Waals surface area contributed by atoms with Crippen molar-refractivity contribution < 1.29 is 13.7 Å². The number of hydrogen-bond acceptors (Lipinski definition) is 5. The molecule has 3 heterocycles. The molecule has 3 aromatic rings. The van der Waals surface area contributed by atoms with Crippen LogP contribution in [0.2, 0.25) is 0 Å². The lowest BCUT2D eigenvalue weighted by atomic mass is 10.1. The topological polar surface area (TPSA) is 72.4 Å². The van der Waals surface area contributed by atoms with Gasteiger partial charge in [-0.25, -0.2) is 0 Å². The maximum Gasteiger partial charge on any atom is 0.293 e. The molecule has 1 saturated heterocycles. The molecule has 0 N–H and O–H groups in total. The summed E-state index contributed by atoms with van der Waals surface area (Å²) in [5.41, 5.74) is 0.893. The molecule has 2 aromatic heterocycles. The van der Waals surface area contributed by atoms with Crippen molar-refractivity contribution in [2.45, 2.75) is 12.3 Å². The highest BCUT2D eigenvalue weighted by molar-refractivity contribution is 5.96. The molecule has 6 heteroatoms. The van der Waals surface area contributed by atoms with E-state index >= 15 is 0 Å². The molecule has 6 nitrogen and oxygen atoms in total. The molecule has 1 amide bonds. The quantitative estimate of drug-likeness (QED) is 0.743. The SMILES string of the molecule is O=C1C[C@H](c2noc(-c3ccco3)n2)CN1c1ccccc1. The van der Waals surface area contributed by atoms with Crippen LogP contribution in [0.15, 0.2) is 57.7 Å². The fraction of sp³-hybridized carbons (Fsp3) is 0.188. The number of carbonyl (C=O) groups excluding carboxylic acids is 1. The van der Waals surface area contributed by atoms with E-state index in [1.807, 2.05) is 30.3 Å². The number of rotatable bonds is 3. The van der Waals surface area contributed by atoms with Crippen LogP contribution in [0.4, 0.5) is 5.69 Å². The Bertz CT molecular complexity index is 780. The molecule has 0 aliphatic carbocycles. The Labute approximate surface area is 126 Å². The average Bonchev–Trinajstić information content (AvgIpc) is 3.28. The molecular formula is C16H13N3O3. The van der Waals surface area contributed by atoms with Crippen molar-refractivity contribution >= 4 is 11.6 Å². The number of para-hydroxylation sites is 1. The zero-order chi connectivity index (χ0) is 14.9. The van der Waals surface area contributed by atoms with Gasteiger partial charge in [0, 0.05) is 24.6 Å². The predicted molar refractivity (Wildman–Crippen MR) is 78.2 cm³/mol. The lowest BCUT2D eigenvalue weighted by Crippen LogP contribution is -2.24. The monoisotopic (exact) mass is 295 g/mol. The summed E-state index contributed by atoms with van der Waals surface area (Å²) in [7, 11) is 0. The molecule has 0 bridgehead atoms. The van der Waals surface area contributed by atoms with E-state index in [1.54, 1.807) is 23.3 Å². The van der Waals surface area contributed by atoms with E-state index < -0.39 is 0 Å². The highest BCUT2D eigenvalue weighted by Crippen LogP contribution is 2.31. The number of carbonyl (C=O) groups is 1. The van der Waals surface area contributed by atoms with E-state index in [0.717, 1.165) is 5.69 Å². The Kier molecular flexibility index (Phi) is 3.00. The number of benzene rings is 1. The Hall–Kier alpha value is -2.89. The van der Waals surface area contributed by atoms with Crippen LogP contribution in [0.3, 0.4) is 0 Å². The summed E-state index contributed by atoms with van der Waals surface area (Å²) in [6, 6.07) is 13.1. The van der Waals surface area contributed by atoms with Crippen molar-refractivity contribution in [3.63, 3.8) is 0 Å². The molecule has 0 unspecified atom stereocenters. The lowest BCUT2D eigenvalue weighted by Gasteiger charge is -2.15. The highest BCUT2D eigenvalue weighted by Gasteiger charge is 2.34. The molecule has 0 saturated carbocycles. The molecule has 110 valence electrons. The molecule has 22 heavy (non-hydrogen) atoms. The third-order valence-electron chi connectivity index (χ3n) is 3.73. The lowest BCUT2D eigenvalue weighted by molar-refractivity contribution is -0.117. The molecule has 0 radical (unpaired) electrons. The number of anilines is 1. The van der Waals surface area contributed by atoms with Crippen molar-refractivity contribution in [3.8, 4) is 11.7 Å². The van der Waals surface area contributed by atoms with Crippen LogP contribution >= 0.6 is 0 Å². The van der Waals surface area contributed by atoms with Gasteiger partial charge in [0.2, 0.25) is 5.91 Å². The third-order valence-corrected chi connectivity index (χ3v) is 3.73. The molecule has 1 aliphatic rings. The van der Waals surface area contributed by atoms with Crippen LogP contribution < -0.4 is 4.90 Å². The van der Waals surface area contributed by atoms with E-state index in [2.05, 4.69) is 10.1 Å². The van der Waals surface area contributed by atoms with Crippen molar-refractivity contribution in [3.05, 3.63) is 54.6 Å². The van der Waals surface area contributed by atoms with Crippen molar-refractivity contribution in [2.75, 3.05) is 11.4 Å². The summed E-state index contributed by atoms with van der Waals surface area (Å²) >= 11 is 0. The summed E-state index contributed by atoms with van der Waals surface area (Å²) in [4.78, 5) is 18.3. The largest absolute Gasteiger partial charge is 0.459 e. The van der Waals surface area contributed by atoms with Gasteiger partial charge in [-0.05, 0) is 24.3 Å². The number of nitrogens with zero attached hydrogens (tertiary/aromatic N) is 3. The summed E-state index contributed by atoms with van der Waals surface area (Å²) in [6.45, 7) is 0.556. The average molecular weight is 295 g/mol. The van der Waals surface area contributed by atoms with E-state index in [1.165, 1.54) is 0 Å². The summed E-state index contributed by atoms with van der Waals surface area (Å²) in [5.74, 6) is 1.41. The molecule has 1 aromatic carbocycles. The standard InChI is InChI=1S/C16H13N3O3/c20-14-9-11(10-19(14)12-5-2-1-3-6-12)15-17-16(22-18-15)13-7-4-8-21-13/h1-8,11H,9-10H2/t11-/m0/s1. The highest BCUT2D eigenvalue weighted by atomic mass is 16.5. The first kappa shape index (κ1) is 12.8. The zero-order valence-corrected chi connectivity index (χ0v) is 11.7. The van der Waals surface area contributed by atoms with Crippen LogP contribution in [-0.4, -0.2) is 22.6 Å². The van der Waals surface area contributed by atoms with Crippen LogP contribution in [0, 0.1) is 0 Å². The van der Waals surface area contributed by atoms with E-state index in [4.69, 9.17) is 8.94 Å². The van der Waals surface area contributed by atoms with Gasteiger partial charge >= 0.3 is 0 Å². The summed E-state index contributed by atoms with van der Waals surface area (Å²) < 4.78 is 10.4. The van der Waals surface area contributed by atoms with E-state index in [9.17, 15) is 4.79 Å². The van der Waals surface area contributed by atoms with Crippen molar-refractivity contribution in [1.82, 2.24) is 10.1 Å². The van der Waals surface area contributed by atoms with Crippen LogP contribution in [0.25, 0.3) is 11.7 Å². The number of hydrogen-bond donors (Lipinski definition) is 0. The zero-order valence-electron chi connectivity index (χ0n) is 11.7. The number of aromatic nitrogens is 2. The van der Waals surface area contributed by atoms with Gasteiger partial charge in [0.1, 0.15) is 0 Å². The minimum absolute atomic E-state index is 0.0693. The first-order valence-electron chi connectivity index (χ1n) is 7.04. The number of amides is 1. The van der Waals surface area contributed by atoms with Gasteiger partial charge in [-0.15, -0.1) is 0 Å². The molecule has 1 atom stereocenters. The van der Waals surface area contributed by atoms with Gasteiger partial charge in [0.05, 0.1) is 6.26 Å². The summed E-state index contributed by atoms with van der Waals surface area (Å²) in [6.07, 6.45) is 1.93. The molecule has 1 aliphatic heterocycles. The van der Waals surface area contributed by atoms with E-state index in [0.29, 0.717) is 30.4 Å². The second kappa shape index (κ2) is 5.14. The second-order valence-electron chi connectivity index (χ2n) is 5.18. The van der Waals surface area contributed by atoms with Crippen molar-refractivity contribution in [1.29, 1.82) is 0 Å². The smallest absolute Gasteiger partial charge is 0.293 e. The number of furan rings is 1. The maximum atomic E-state index is 12.2. The van der Waals surface area contributed by atoms with Gasteiger partial charge < -0.3 is 13.8 Å². The molecule has 4 rings (SSSR count). The molecule has 1 fully saturated rings. The summed E-state index contributed by atoms with van der Waals surface area (Å²) in [5, 5.41) is 3.99. The van der Waals surface area contributed by atoms with Gasteiger partial charge in [-0.2, -0.15) is 4.98 Å². The second-order valence-corrected chi connectivity index (χ2v) is 5.18. The Morgan fingerprint density at radius 2 is 2.00 bits per heavy atom. The van der Waals surface area contributed by atoms with Crippen molar-refractivity contribution in [2.24, 2.45) is 0 Å². The molecular weight excluding hydrogens is 282 g/mol. The molecule has 0 spiro atoms. The fourth-order valence-corrected chi connectivity index (χ4v) is 2.64. The minimum atomic E-state index is -0.0693. The third kappa shape index (κ3) is 2.18. The van der Waals surface area contributed by atoms with Crippen LogP contribution in [0.1, 0.15) is 18.2 Å². The van der Waals surface area contributed by atoms with Crippen LogP contribution in [-0.2, 0) is 4.79 Å². The Morgan fingerprint density at radius 1 is 1.14 bits per heavy atom. The first-order chi connectivity index (χ1) is 10.8. The van der Waals surface area contributed by atoms with Gasteiger partial charge in [0.25, 0.3) is 5.89 Å². The predicted octanol–water partition coefficient (Wildman–Crippen LogP) is 2.85. The maximum absolute atomic E-state index is 12.2. The van der Waals surface area contributed by atoms with Gasteiger partial charge in [-0.3, -0.25) is 4.79 Å². The van der Waals surface area contributed by atoms with Crippen LogP contribution in [0.5, 0.6) is 0 Å². The Morgan fingerprint density at radius 3 is 2.77 bits per heavy atom. The normalized spacial score (nSPS) is 18.1. The minimum Gasteiger partial charge on any atom is -0.459 e. The van der Waals surface area contributed by atoms with Gasteiger partial charge in [0.15, 0.2) is 11.6 Å². The first-order valence-corrected chi connectivity index (χ1v) is 7.04. The van der Waals surface area contributed by atoms with Gasteiger partial charge in [-0.1, -0.05) is 23.4 Å². The fourth-order valence-electron chi connectivity index (χ4n) is 2.64. The van der Waals surface area contributed by atoms with E-state index in [-0.39, 0.29) is 11.8 Å².